The van der Waals surface area contributed by atoms with E-state index in [0.29, 0.717) is 6.04 Å². The van der Waals surface area contributed by atoms with E-state index >= 15 is 0 Å². The third kappa shape index (κ3) is 3.26. The molecule has 0 saturated heterocycles. The molecule has 0 aromatic carbocycles. The monoisotopic (exact) mass is 253 g/mol. The Balaban J connectivity index is 1.86. The van der Waals surface area contributed by atoms with Gasteiger partial charge in [0.05, 0.1) is 12.0 Å². The average Bonchev–Trinajstić information content (AvgIpc) is 2.95. The predicted octanol–water partition coefficient (Wildman–Crippen LogP) is 2.67. The fraction of sp³-hybridized carbons (Fsp3) is 0.769. The van der Waals surface area contributed by atoms with Crippen LogP contribution in [0, 0.1) is 0 Å². The van der Waals surface area contributed by atoms with Crippen LogP contribution in [-0.4, -0.2) is 27.1 Å². The van der Waals surface area contributed by atoms with Crippen LogP contribution in [-0.2, 0) is 13.1 Å². The van der Waals surface area contributed by atoms with E-state index in [1.807, 2.05) is 24.3 Å². The first-order valence-corrected chi connectivity index (χ1v) is 7.89. The molecule has 0 aliphatic heterocycles. The van der Waals surface area contributed by atoms with Crippen molar-refractivity contribution in [2.24, 2.45) is 0 Å². The maximum absolute atomic E-state index is 4.24. The van der Waals surface area contributed by atoms with Gasteiger partial charge in [-0.15, -0.1) is 0 Å². The Bertz CT molecular complexity index is 337. The van der Waals surface area contributed by atoms with Crippen LogP contribution in [0.15, 0.2) is 12.5 Å². The molecule has 0 bridgehead atoms. The number of aryl methyl sites for hydroxylation is 1. The third-order valence-electron chi connectivity index (χ3n) is 3.56. The van der Waals surface area contributed by atoms with Gasteiger partial charge in [-0.1, -0.05) is 13.3 Å². The Labute approximate surface area is 108 Å². The fourth-order valence-electron chi connectivity index (χ4n) is 2.61. The summed E-state index contributed by atoms with van der Waals surface area (Å²) in [5, 5.41) is 4.51. The highest BCUT2D eigenvalue weighted by atomic mass is 32.2. The van der Waals surface area contributed by atoms with Crippen molar-refractivity contribution in [1.29, 1.82) is 0 Å². The summed E-state index contributed by atoms with van der Waals surface area (Å²) in [5.74, 6) is 0. The molecule has 0 spiro atoms. The van der Waals surface area contributed by atoms with Crippen LogP contribution in [0.25, 0.3) is 0 Å². The zero-order valence-corrected chi connectivity index (χ0v) is 11.7. The first kappa shape index (κ1) is 13.0. The zero-order valence-electron chi connectivity index (χ0n) is 10.9. The molecule has 0 radical (unpaired) electrons. The molecule has 1 N–H and O–H groups in total. The van der Waals surface area contributed by atoms with Gasteiger partial charge in [-0.3, -0.25) is 0 Å². The van der Waals surface area contributed by atoms with Gasteiger partial charge < -0.3 is 9.88 Å². The average molecular weight is 253 g/mol. The van der Waals surface area contributed by atoms with Gasteiger partial charge in [0.15, 0.2) is 0 Å². The first-order valence-electron chi connectivity index (χ1n) is 6.60. The molecular weight excluding hydrogens is 230 g/mol. The van der Waals surface area contributed by atoms with E-state index in [0.717, 1.165) is 18.3 Å². The Morgan fingerprint density at radius 2 is 2.41 bits per heavy atom. The van der Waals surface area contributed by atoms with Gasteiger partial charge in [0.1, 0.15) is 0 Å². The van der Waals surface area contributed by atoms with Crippen LogP contribution in [0.1, 0.15) is 38.3 Å². The van der Waals surface area contributed by atoms with Crippen LogP contribution in [0.5, 0.6) is 0 Å². The number of nitrogens with one attached hydrogen (secondary N) is 1. The smallest absolute Gasteiger partial charge is 0.0948 e. The minimum absolute atomic E-state index is 0.690. The standard InChI is InChI=1S/C13H23N3S/c1-3-7-16-10-14-8-11(16)9-15-12-5-4-6-13(12)17-2/h8,10,12-13,15H,3-7,9H2,1-2H3. The van der Waals surface area contributed by atoms with E-state index < -0.39 is 0 Å². The summed E-state index contributed by atoms with van der Waals surface area (Å²) in [7, 11) is 0. The van der Waals surface area contributed by atoms with Crippen LogP contribution < -0.4 is 5.32 Å². The van der Waals surface area contributed by atoms with E-state index in [1.165, 1.54) is 31.4 Å². The molecule has 1 heterocycles. The van der Waals surface area contributed by atoms with Crippen molar-refractivity contribution in [2.75, 3.05) is 6.26 Å². The number of thioether (sulfide) groups is 1. The Hall–Kier alpha value is -0.480. The summed E-state index contributed by atoms with van der Waals surface area (Å²) >= 11 is 2.01. The summed E-state index contributed by atoms with van der Waals surface area (Å²) in [4.78, 5) is 4.24. The number of hydrogen-bond acceptors (Lipinski definition) is 3. The van der Waals surface area contributed by atoms with Gasteiger partial charge in [0.2, 0.25) is 0 Å². The molecule has 1 aromatic rings. The van der Waals surface area contributed by atoms with E-state index in [4.69, 9.17) is 0 Å². The highest BCUT2D eigenvalue weighted by Crippen LogP contribution is 2.28. The zero-order chi connectivity index (χ0) is 12.1. The van der Waals surface area contributed by atoms with E-state index in [2.05, 4.69) is 28.0 Å². The normalized spacial score (nSPS) is 24.4. The summed E-state index contributed by atoms with van der Waals surface area (Å²) < 4.78 is 2.26. The minimum Gasteiger partial charge on any atom is -0.333 e. The Kier molecular flexibility index (Phi) is 4.92. The summed E-state index contributed by atoms with van der Waals surface area (Å²) in [6, 6.07) is 0.690. The lowest BCUT2D eigenvalue weighted by atomic mass is 10.2. The molecule has 1 aliphatic carbocycles. The van der Waals surface area contributed by atoms with Gasteiger partial charge in [-0.2, -0.15) is 11.8 Å². The molecule has 96 valence electrons. The maximum Gasteiger partial charge on any atom is 0.0948 e. The number of nitrogens with zero attached hydrogens (tertiary/aromatic N) is 2. The lowest BCUT2D eigenvalue weighted by molar-refractivity contribution is 0.511. The molecule has 2 atom stereocenters. The second-order valence-corrected chi connectivity index (χ2v) is 5.85. The summed E-state index contributed by atoms with van der Waals surface area (Å²) in [5.41, 5.74) is 1.32. The van der Waals surface area contributed by atoms with Gasteiger partial charge in [0, 0.05) is 30.6 Å². The molecule has 1 saturated carbocycles. The second-order valence-electron chi connectivity index (χ2n) is 4.77. The third-order valence-corrected chi connectivity index (χ3v) is 4.73. The Morgan fingerprint density at radius 1 is 1.53 bits per heavy atom. The molecule has 2 unspecified atom stereocenters. The lowest BCUT2D eigenvalue weighted by Crippen LogP contribution is -2.34. The molecule has 0 amide bonds. The van der Waals surface area contributed by atoms with Crippen molar-refractivity contribution in [2.45, 2.75) is 57.0 Å². The van der Waals surface area contributed by atoms with Crippen molar-refractivity contribution in [3.8, 4) is 0 Å². The number of aromatic nitrogens is 2. The van der Waals surface area contributed by atoms with Crippen LogP contribution in [0.3, 0.4) is 0 Å². The fourth-order valence-corrected chi connectivity index (χ4v) is 3.58. The number of rotatable bonds is 6. The summed E-state index contributed by atoms with van der Waals surface area (Å²) in [6.07, 6.45) is 11.4. The van der Waals surface area contributed by atoms with Crippen molar-refractivity contribution < 1.29 is 0 Å². The van der Waals surface area contributed by atoms with Gasteiger partial charge in [-0.05, 0) is 25.5 Å². The van der Waals surface area contributed by atoms with Crippen LogP contribution in [0.4, 0.5) is 0 Å². The van der Waals surface area contributed by atoms with Crippen molar-refractivity contribution in [3.05, 3.63) is 18.2 Å². The molecule has 17 heavy (non-hydrogen) atoms. The largest absolute Gasteiger partial charge is 0.333 e. The Morgan fingerprint density at radius 3 is 3.18 bits per heavy atom. The van der Waals surface area contributed by atoms with Crippen LogP contribution in [0.2, 0.25) is 0 Å². The van der Waals surface area contributed by atoms with Gasteiger partial charge in [-0.25, -0.2) is 4.98 Å². The van der Waals surface area contributed by atoms with Crippen molar-refractivity contribution in [1.82, 2.24) is 14.9 Å². The van der Waals surface area contributed by atoms with Crippen LogP contribution >= 0.6 is 11.8 Å². The maximum atomic E-state index is 4.24. The number of imidazole rings is 1. The molecule has 2 rings (SSSR count). The molecule has 1 aromatic heterocycles. The summed E-state index contributed by atoms with van der Waals surface area (Å²) in [6.45, 7) is 4.24. The van der Waals surface area contributed by atoms with E-state index in [1.54, 1.807) is 0 Å². The SMILES string of the molecule is CCCn1cncc1CNC1CCCC1SC. The predicted molar refractivity (Wildman–Crippen MR) is 74.3 cm³/mol. The van der Waals surface area contributed by atoms with E-state index in [9.17, 15) is 0 Å². The molecule has 1 fully saturated rings. The number of hydrogen-bond donors (Lipinski definition) is 1. The lowest BCUT2D eigenvalue weighted by Gasteiger charge is -2.19. The first-order chi connectivity index (χ1) is 8.35. The molecular formula is C13H23N3S. The molecule has 1 aliphatic rings. The second kappa shape index (κ2) is 6.45. The van der Waals surface area contributed by atoms with Crippen molar-refractivity contribution in [3.63, 3.8) is 0 Å². The van der Waals surface area contributed by atoms with Gasteiger partial charge in [0.25, 0.3) is 0 Å². The highest BCUT2D eigenvalue weighted by molar-refractivity contribution is 7.99. The van der Waals surface area contributed by atoms with Gasteiger partial charge >= 0.3 is 0 Å². The minimum atomic E-state index is 0.690. The molecule has 3 nitrogen and oxygen atoms in total. The van der Waals surface area contributed by atoms with Crippen molar-refractivity contribution >= 4 is 11.8 Å². The van der Waals surface area contributed by atoms with E-state index in [-0.39, 0.29) is 0 Å². The topological polar surface area (TPSA) is 29.9 Å². The highest BCUT2D eigenvalue weighted by Gasteiger charge is 2.25. The molecule has 4 heteroatoms. The quantitative estimate of drug-likeness (QED) is 0.845.